The highest BCUT2D eigenvalue weighted by Crippen LogP contribution is 2.45. The van der Waals surface area contributed by atoms with E-state index < -0.39 is 97.5 Å². The summed E-state index contributed by atoms with van der Waals surface area (Å²) >= 11 is 0. The lowest BCUT2D eigenvalue weighted by Gasteiger charge is -2.21. The summed E-state index contributed by atoms with van der Waals surface area (Å²) in [7, 11) is -9.89. The molecule has 0 radical (unpaired) electrons. The molecule has 0 spiro atoms. The van der Waals surface area contributed by atoms with Gasteiger partial charge in [0.1, 0.15) is 19.3 Å². The second kappa shape index (κ2) is 59.1. The first kappa shape index (κ1) is 85.1. The molecule has 3 N–H and O–H groups in total. The zero-order valence-electron chi connectivity index (χ0n) is 56.5. The van der Waals surface area contributed by atoms with Gasteiger partial charge in [-0.1, -0.05) is 286 Å². The summed E-state index contributed by atoms with van der Waals surface area (Å²) in [5, 5.41) is 10.6. The minimum absolute atomic E-state index is 0.105. The van der Waals surface area contributed by atoms with E-state index in [-0.39, 0.29) is 25.7 Å². The van der Waals surface area contributed by atoms with E-state index in [1.807, 2.05) is 0 Å². The second-order valence-corrected chi connectivity index (χ2v) is 28.9. The van der Waals surface area contributed by atoms with E-state index in [4.69, 9.17) is 37.0 Å². The van der Waals surface area contributed by atoms with Crippen molar-refractivity contribution in [2.24, 2.45) is 17.8 Å². The average molecular weight is 1280 g/mol. The Balaban J connectivity index is 5.23. The Kier molecular flexibility index (Phi) is 57.8. The Labute approximate surface area is 530 Å². The van der Waals surface area contributed by atoms with Crippen LogP contribution in [0, 0.1) is 17.8 Å². The van der Waals surface area contributed by atoms with Gasteiger partial charge in [0.15, 0.2) is 12.2 Å². The maximum Gasteiger partial charge on any atom is 0.472 e. The third-order valence-corrected chi connectivity index (χ3v) is 17.5. The molecular weight excluding hydrogens is 1150 g/mol. The van der Waals surface area contributed by atoms with E-state index in [2.05, 4.69) is 48.5 Å². The molecule has 0 aliphatic carbocycles. The number of carbonyl (C=O) groups is 4. The van der Waals surface area contributed by atoms with Crippen LogP contribution in [-0.2, 0) is 65.4 Å². The van der Waals surface area contributed by atoms with Gasteiger partial charge in [-0.05, 0) is 43.4 Å². The van der Waals surface area contributed by atoms with Crippen molar-refractivity contribution in [1.82, 2.24) is 0 Å². The number of aliphatic hydroxyl groups excluding tert-OH is 1. The Morgan fingerprint density at radius 1 is 0.310 bits per heavy atom. The van der Waals surface area contributed by atoms with Gasteiger partial charge in [-0.25, -0.2) is 9.13 Å². The van der Waals surface area contributed by atoms with E-state index in [1.54, 1.807) is 0 Å². The molecule has 19 heteroatoms. The molecule has 0 fully saturated rings. The number of carbonyl (C=O) groups excluding carboxylic acids is 4. The molecule has 0 aromatic rings. The number of phosphoric acid groups is 2. The molecule has 0 amide bonds. The van der Waals surface area contributed by atoms with Crippen LogP contribution >= 0.6 is 15.6 Å². The van der Waals surface area contributed by atoms with Crippen LogP contribution in [0.5, 0.6) is 0 Å². The van der Waals surface area contributed by atoms with E-state index >= 15 is 0 Å². The first-order valence-electron chi connectivity index (χ1n) is 35.3. The number of phosphoric ester groups is 2. The largest absolute Gasteiger partial charge is 0.472 e. The fourth-order valence-electron chi connectivity index (χ4n) is 10.2. The predicted molar refractivity (Wildman–Crippen MR) is 349 cm³/mol. The molecule has 17 nitrogen and oxygen atoms in total. The second-order valence-electron chi connectivity index (χ2n) is 26.0. The topological polar surface area (TPSA) is 237 Å². The molecule has 5 atom stereocenters. The number of hydrogen-bond acceptors (Lipinski definition) is 15. The fourth-order valence-corrected chi connectivity index (χ4v) is 11.8. The molecular formula is C68H132O17P2. The summed E-state index contributed by atoms with van der Waals surface area (Å²) in [5.74, 6) is 0.0790. The summed E-state index contributed by atoms with van der Waals surface area (Å²) in [6, 6.07) is 0. The average Bonchev–Trinajstić information content (AvgIpc) is 3.68. The Morgan fingerprint density at radius 2 is 0.529 bits per heavy atom. The molecule has 0 heterocycles. The van der Waals surface area contributed by atoms with Crippen LogP contribution in [0.15, 0.2) is 0 Å². The van der Waals surface area contributed by atoms with Gasteiger partial charge >= 0.3 is 39.5 Å². The monoisotopic (exact) mass is 1280 g/mol. The van der Waals surface area contributed by atoms with Crippen molar-refractivity contribution in [3.63, 3.8) is 0 Å². The van der Waals surface area contributed by atoms with Gasteiger partial charge in [0, 0.05) is 25.7 Å². The molecule has 516 valence electrons. The molecule has 0 aromatic carbocycles. The van der Waals surface area contributed by atoms with Crippen LogP contribution in [0.25, 0.3) is 0 Å². The van der Waals surface area contributed by atoms with Crippen molar-refractivity contribution in [3.8, 4) is 0 Å². The number of ether oxygens (including phenoxy) is 4. The zero-order valence-corrected chi connectivity index (χ0v) is 58.3. The van der Waals surface area contributed by atoms with Crippen LogP contribution in [-0.4, -0.2) is 96.7 Å². The van der Waals surface area contributed by atoms with Gasteiger partial charge in [0.05, 0.1) is 26.4 Å². The summed E-state index contributed by atoms with van der Waals surface area (Å²) in [5.41, 5.74) is 0. The molecule has 0 aliphatic rings. The standard InChI is InChI=1S/C68H132O17P2/c1-8-9-10-11-12-13-22-28-37-44-51-67(72)85-64(56-79-66(71)50-43-36-31-30-34-41-48-61(6)7)58-83-87(76,77)81-54-62(69)53-80-86(74,75)82-57-63(55-78-65(70)49-42-35-27-24-19-21-26-33-40-47-60(4)5)84-68(73)52-45-38-29-23-18-16-14-15-17-20-25-32-39-46-59(2)3/h59-64,69H,8-58H2,1-7H3,(H,74,75)(H,76,77)/t62-,63-,64-/m1/s1. The number of esters is 4. The normalized spacial score (nSPS) is 14.3. The summed E-state index contributed by atoms with van der Waals surface area (Å²) < 4.78 is 68.1. The van der Waals surface area contributed by atoms with Gasteiger partial charge in [-0.3, -0.25) is 37.3 Å². The SMILES string of the molecule is CCCCCCCCCCCCC(=O)O[C@H](COC(=O)CCCCCCCCC(C)C)COP(=O)(O)OC[C@H](O)COP(=O)(O)OC[C@@H](COC(=O)CCCCCCCCCCCC(C)C)OC(=O)CCCCCCCCCCCCCCCC(C)C. The van der Waals surface area contributed by atoms with Crippen molar-refractivity contribution < 1.29 is 80.2 Å². The van der Waals surface area contributed by atoms with Gasteiger partial charge in [0.25, 0.3) is 0 Å². The highest BCUT2D eigenvalue weighted by Gasteiger charge is 2.30. The van der Waals surface area contributed by atoms with Crippen molar-refractivity contribution in [1.29, 1.82) is 0 Å². The lowest BCUT2D eigenvalue weighted by Crippen LogP contribution is -2.30. The number of unbranched alkanes of at least 4 members (excludes halogenated alkanes) is 34. The summed E-state index contributed by atoms with van der Waals surface area (Å²) in [4.78, 5) is 72.4. The van der Waals surface area contributed by atoms with Crippen LogP contribution in [0.2, 0.25) is 0 Å². The van der Waals surface area contributed by atoms with E-state index in [9.17, 15) is 43.2 Å². The van der Waals surface area contributed by atoms with E-state index in [0.717, 1.165) is 108 Å². The molecule has 87 heavy (non-hydrogen) atoms. The number of hydrogen-bond donors (Lipinski definition) is 3. The van der Waals surface area contributed by atoms with E-state index in [0.29, 0.717) is 31.6 Å². The van der Waals surface area contributed by atoms with Crippen molar-refractivity contribution in [2.45, 2.75) is 356 Å². The molecule has 0 aromatic heterocycles. The smallest absolute Gasteiger partial charge is 0.462 e. The third kappa shape index (κ3) is 62.6. The molecule has 2 unspecified atom stereocenters. The highest BCUT2D eigenvalue weighted by atomic mass is 31.2. The third-order valence-electron chi connectivity index (χ3n) is 15.6. The Hall–Kier alpha value is -1.94. The van der Waals surface area contributed by atoms with Gasteiger partial charge in [0.2, 0.25) is 0 Å². The molecule has 0 rings (SSSR count). The highest BCUT2D eigenvalue weighted by molar-refractivity contribution is 7.47. The van der Waals surface area contributed by atoms with Crippen LogP contribution in [0.4, 0.5) is 0 Å². The first-order valence-corrected chi connectivity index (χ1v) is 38.3. The maximum absolute atomic E-state index is 13.0. The van der Waals surface area contributed by atoms with Gasteiger partial charge in [-0.2, -0.15) is 0 Å². The molecule has 0 bridgehead atoms. The molecule has 0 saturated carbocycles. The lowest BCUT2D eigenvalue weighted by molar-refractivity contribution is -0.161. The number of rotatable bonds is 66. The van der Waals surface area contributed by atoms with Gasteiger partial charge < -0.3 is 33.8 Å². The van der Waals surface area contributed by atoms with Crippen LogP contribution in [0.3, 0.4) is 0 Å². The predicted octanol–water partition coefficient (Wildman–Crippen LogP) is 19.1. The summed E-state index contributed by atoms with van der Waals surface area (Å²) in [6.45, 7) is 11.7. The van der Waals surface area contributed by atoms with Crippen LogP contribution < -0.4 is 0 Å². The minimum atomic E-state index is -4.95. The Bertz CT molecular complexity index is 1720. The zero-order chi connectivity index (χ0) is 64.5. The maximum atomic E-state index is 13.0. The first-order chi connectivity index (χ1) is 41.7. The summed E-state index contributed by atoms with van der Waals surface area (Å²) in [6.07, 6.45) is 41.8. The number of aliphatic hydroxyl groups is 1. The van der Waals surface area contributed by atoms with Crippen molar-refractivity contribution in [2.75, 3.05) is 39.6 Å². The van der Waals surface area contributed by atoms with E-state index in [1.165, 1.54) is 141 Å². The quantitative estimate of drug-likeness (QED) is 0.0222. The van der Waals surface area contributed by atoms with Crippen molar-refractivity contribution in [3.05, 3.63) is 0 Å². The van der Waals surface area contributed by atoms with Crippen molar-refractivity contribution >= 4 is 39.5 Å². The fraction of sp³-hybridized carbons (Fsp3) is 0.941. The minimum Gasteiger partial charge on any atom is -0.462 e. The lowest BCUT2D eigenvalue weighted by atomic mass is 10.0. The van der Waals surface area contributed by atoms with Crippen LogP contribution in [0.1, 0.15) is 337 Å². The molecule has 0 aliphatic heterocycles. The Morgan fingerprint density at radius 3 is 0.782 bits per heavy atom. The van der Waals surface area contributed by atoms with Gasteiger partial charge in [-0.15, -0.1) is 0 Å². The molecule has 0 saturated heterocycles.